The summed E-state index contributed by atoms with van der Waals surface area (Å²) < 4.78 is 37.7. The maximum Gasteiger partial charge on any atom is 0.416 e. The summed E-state index contributed by atoms with van der Waals surface area (Å²) in [5.74, 6) is 1.34. The van der Waals surface area contributed by atoms with Gasteiger partial charge in [0.15, 0.2) is 0 Å². The average molecular weight is 295 g/mol. The van der Waals surface area contributed by atoms with Gasteiger partial charge in [0.05, 0.1) is 11.3 Å². The van der Waals surface area contributed by atoms with E-state index in [4.69, 9.17) is 0 Å². The molecule has 1 aromatic heterocycles. The van der Waals surface area contributed by atoms with Crippen molar-refractivity contribution in [2.24, 2.45) is 0 Å². The lowest BCUT2D eigenvalue weighted by molar-refractivity contribution is -0.137. The van der Waals surface area contributed by atoms with E-state index >= 15 is 0 Å². The van der Waals surface area contributed by atoms with Crippen LogP contribution in [0.15, 0.2) is 30.3 Å². The molecule has 0 atom stereocenters. The summed E-state index contributed by atoms with van der Waals surface area (Å²) >= 11 is 0. The molecular formula is C15H16F3N3. The molecule has 0 fully saturated rings. The molecule has 1 heterocycles. The van der Waals surface area contributed by atoms with Gasteiger partial charge in [-0.3, -0.25) is 0 Å². The van der Waals surface area contributed by atoms with Crippen LogP contribution in [0, 0.1) is 0 Å². The van der Waals surface area contributed by atoms with Gasteiger partial charge in [0, 0.05) is 25.1 Å². The van der Waals surface area contributed by atoms with Gasteiger partial charge >= 0.3 is 6.18 Å². The Balaban J connectivity index is 2.39. The first-order valence-corrected chi connectivity index (χ1v) is 6.67. The zero-order valence-corrected chi connectivity index (χ0v) is 11.8. The summed E-state index contributed by atoms with van der Waals surface area (Å²) in [6.45, 7) is 2.02. The van der Waals surface area contributed by atoms with Gasteiger partial charge in [-0.25, -0.2) is 9.97 Å². The van der Waals surface area contributed by atoms with Crippen LogP contribution in [0.1, 0.15) is 24.7 Å². The first-order chi connectivity index (χ1) is 9.94. The molecule has 1 aromatic carbocycles. The Hall–Kier alpha value is -2.11. The van der Waals surface area contributed by atoms with Crippen molar-refractivity contribution in [2.75, 3.05) is 12.4 Å². The molecule has 21 heavy (non-hydrogen) atoms. The zero-order chi connectivity index (χ0) is 15.5. The van der Waals surface area contributed by atoms with Crippen molar-refractivity contribution in [1.82, 2.24) is 9.97 Å². The smallest absolute Gasteiger partial charge is 0.373 e. The Kier molecular flexibility index (Phi) is 4.45. The quantitative estimate of drug-likeness (QED) is 0.920. The number of benzene rings is 1. The summed E-state index contributed by atoms with van der Waals surface area (Å²) in [4.78, 5) is 8.72. The molecule has 0 amide bonds. The largest absolute Gasteiger partial charge is 0.416 e. The van der Waals surface area contributed by atoms with Crippen LogP contribution in [0.4, 0.5) is 19.0 Å². The SMILES string of the molecule is CCCc1nc(NC)cc(-c2ccc(C(F)(F)F)cc2)n1. The van der Waals surface area contributed by atoms with E-state index in [1.807, 2.05) is 6.92 Å². The minimum Gasteiger partial charge on any atom is -0.373 e. The average Bonchev–Trinajstić information content (AvgIpc) is 2.46. The van der Waals surface area contributed by atoms with Gasteiger partial charge in [0.2, 0.25) is 0 Å². The number of rotatable bonds is 4. The normalized spacial score (nSPS) is 11.5. The van der Waals surface area contributed by atoms with Crippen molar-refractivity contribution in [3.63, 3.8) is 0 Å². The molecule has 0 aliphatic rings. The molecule has 0 bridgehead atoms. The summed E-state index contributed by atoms with van der Waals surface area (Å²) in [6, 6.07) is 6.72. The second-order valence-electron chi connectivity index (χ2n) is 4.63. The van der Waals surface area contributed by atoms with E-state index in [1.165, 1.54) is 12.1 Å². The summed E-state index contributed by atoms with van der Waals surface area (Å²) in [5, 5.41) is 2.94. The van der Waals surface area contributed by atoms with Gasteiger partial charge in [-0.05, 0) is 18.6 Å². The zero-order valence-electron chi connectivity index (χ0n) is 11.8. The Morgan fingerprint density at radius 3 is 2.29 bits per heavy atom. The lowest BCUT2D eigenvalue weighted by Crippen LogP contribution is -2.04. The fourth-order valence-corrected chi connectivity index (χ4v) is 1.94. The topological polar surface area (TPSA) is 37.8 Å². The third kappa shape index (κ3) is 3.71. The molecule has 2 aromatic rings. The number of hydrogen-bond donors (Lipinski definition) is 1. The fourth-order valence-electron chi connectivity index (χ4n) is 1.94. The summed E-state index contributed by atoms with van der Waals surface area (Å²) in [5.41, 5.74) is 0.591. The number of hydrogen-bond acceptors (Lipinski definition) is 3. The molecule has 0 aliphatic heterocycles. The third-order valence-electron chi connectivity index (χ3n) is 3.01. The maximum atomic E-state index is 12.6. The molecule has 0 radical (unpaired) electrons. The van der Waals surface area contributed by atoms with Crippen molar-refractivity contribution in [2.45, 2.75) is 25.9 Å². The third-order valence-corrected chi connectivity index (χ3v) is 3.01. The predicted molar refractivity (Wildman–Crippen MR) is 76.0 cm³/mol. The van der Waals surface area contributed by atoms with Crippen LogP contribution < -0.4 is 5.32 Å². The van der Waals surface area contributed by atoms with Gasteiger partial charge in [0.1, 0.15) is 11.6 Å². The number of aromatic nitrogens is 2. The van der Waals surface area contributed by atoms with Crippen LogP contribution in [0.3, 0.4) is 0 Å². The molecule has 1 N–H and O–H groups in total. The number of anilines is 1. The second kappa shape index (κ2) is 6.11. The number of nitrogens with one attached hydrogen (secondary N) is 1. The van der Waals surface area contributed by atoms with E-state index in [2.05, 4.69) is 15.3 Å². The molecule has 0 saturated carbocycles. The molecule has 3 nitrogen and oxygen atoms in total. The minimum atomic E-state index is -4.33. The standard InChI is InChI=1S/C15H16F3N3/c1-3-4-13-20-12(9-14(19-2)21-13)10-5-7-11(8-6-10)15(16,17)18/h5-9H,3-4H2,1-2H3,(H,19,20,21). The van der Waals surface area contributed by atoms with E-state index in [1.54, 1.807) is 13.1 Å². The van der Waals surface area contributed by atoms with Gasteiger partial charge in [-0.1, -0.05) is 19.1 Å². The Labute approximate surface area is 121 Å². The number of nitrogens with zero attached hydrogens (tertiary/aromatic N) is 2. The maximum absolute atomic E-state index is 12.6. The van der Waals surface area contributed by atoms with E-state index in [0.29, 0.717) is 22.9 Å². The summed E-state index contributed by atoms with van der Waals surface area (Å²) in [7, 11) is 1.74. The first kappa shape index (κ1) is 15.3. The van der Waals surface area contributed by atoms with Gasteiger partial charge in [0.25, 0.3) is 0 Å². The molecule has 2 rings (SSSR count). The molecule has 0 unspecified atom stereocenters. The molecule has 0 aliphatic carbocycles. The van der Waals surface area contributed by atoms with Crippen LogP contribution in [-0.2, 0) is 12.6 Å². The van der Waals surface area contributed by atoms with E-state index in [-0.39, 0.29) is 0 Å². The van der Waals surface area contributed by atoms with Crippen LogP contribution in [0.2, 0.25) is 0 Å². The first-order valence-electron chi connectivity index (χ1n) is 6.67. The molecule has 0 saturated heterocycles. The molecule has 6 heteroatoms. The summed E-state index contributed by atoms with van der Waals surface area (Å²) in [6.07, 6.45) is -2.70. The highest BCUT2D eigenvalue weighted by Crippen LogP contribution is 2.30. The highest BCUT2D eigenvalue weighted by Gasteiger charge is 2.30. The van der Waals surface area contributed by atoms with Gasteiger partial charge < -0.3 is 5.32 Å². The predicted octanol–water partition coefficient (Wildman–Crippen LogP) is 4.16. The highest BCUT2D eigenvalue weighted by molar-refractivity contribution is 5.62. The monoisotopic (exact) mass is 295 g/mol. The van der Waals surface area contributed by atoms with Crippen molar-refractivity contribution in [1.29, 1.82) is 0 Å². The lowest BCUT2D eigenvalue weighted by atomic mass is 10.1. The highest BCUT2D eigenvalue weighted by atomic mass is 19.4. The van der Waals surface area contributed by atoms with Gasteiger partial charge in [-0.2, -0.15) is 13.2 Å². The Morgan fingerprint density at radius 1 is 1.10 bits per heavy atom. The Bertz CT molecular complexity index is 607. The molecule has 0 spiro atoms. The number of aryl methyl sites for hydroxylation is 1. The minimum absolute atomic E-state index is 0.617. The van der Waals surface area contributed by atoms with Crippen LogP contribution in [-0.4, -0.2) is 17.0 Å². The van der Waals surface area contributed by atoms with Crippen molar-refractivity contribution in [3.8, 4) is 11.3 Å². The van der Waals surface area contributed by atoms with E-state index in [9.17, 15) is 13.2 Å². The lowest BCUT2D eigenvalue weighted by Gasteiger charge is -2.09. The van der Waals surface area contributed by atoms with Crippen LogP contribution >= 0.6 is 0 Å². The van der Waals surface area contributed by atoms with Crippen LogP contribution in [0.25, 0.3) is 11.3 Å². The van der Waals surface area contributed by atoms with Gasteiger partial charge in [-0.15, -0.1) is 0 Å². The van der Waals surface area contributed by atoms with E-state index < -0.39 is 11.7 Å². The van der Waals surface area contributed by atoms with Crippen molar-refractivity contribution in [3.05, 3.63) is 41.7 Å². The van der Waals surface area contributed by atoms with E-state index in [0.717, 1.165) is 25.0 Å². The fraction of sp³-hybridized carbons (Fsp3) is 0.333. The number of halogens is 3. The second-order valence-corrected chi connectivity index (χ2v) is 4.63. The number of alkyl halides is 3. The molecule has 112 valence electrons. The van der Waals surface area contributed by atoms with Crippen LogP contribution in [0.5, 0.6) is 0 Å². The van der Waals surface area contributed by atoms with Crippen molar-refractivity contribution >= 4 is 5.82 Å². The Morgan fingerprint density at radius 2 is 1.76 bits per heavy atom. The molecular weight excluding hydrogens is 279 g/mol. The van der Waals surface area contributed by atoms with Crippen molar-refractivity contribution < 1.29 is 13.2 Å².